The van der Waals surface area contributed by atoms with Crippen molar-refractivity contribution in [1.82, 2.24) is 0 Å². The van der Waals surface area contributed by atoms with Crippen molar-refractivity contribution in [2.45, 2.75) is 238 Å². The molecule has 1 atom stereocenters. The number of unbranched alkanes of at least 4 members (excludes halogenated alkanes) is 23. The first-order chi connectivity index (χ1) is 22.6. The van der Waals surface area contributed by atoms with Gasteiger partial charge < -0.3 is 13.6 Å². The third kappa shape index (κ3) is 30.6. The molecule has 0 aromatic carbocycles. The van der Waals surface area contributed by atoms with E-state index in [2.05, 4.69) is 35.9 Å². The van der Waals surface area contributed by atoms with E-state index in [-0.39, 0.29) is 6.29 Å². The summed E-state index contributed by atoms with van der Waals surface area (Å²) in [5, 5.41) is 1.11. The minimum atomic E-state index is -2.18. The highest BCUT2D eigenvalue weighted by Crippen LogP contribution is 2.28. The van der Waals surface area contributed by atoms with Crippen LogP contribution in [-0.4, -0.2) is 33.4 Å². The van der Waals surface area contributed by atoms with Crippen LogP contribution in [0.3, 0.4) is 0 Å². The topological polar surface area (TPSA) is 27.7 Å². The van der Waals surface area contributed by atoms with Crippen LogP contribution in [0, 0.1) is 5.92 Å². The number of alkyl halides is 1. The predicted octanol–water partition coefficient (Wildman–Crippen LogP) is 15.0. The molecule has 0 saturated heterocycles. The molecule has 0 aromatic heterocycles. The molecule has 0 amide bonds. The van der Waals surface area contributed by atoms with Crippen LogP contribution in [0.1, 0.15) is 219 Å². The van der Waals surface area contributed by atoms with Crippen LogP contribution in [0.5, 0.6) is 0 Å². The number of ether oxygens (including phenoxy) is 1. The molecule has 0 radical (unpaired) electrons. The zero-order valence-electron chi connectivity index (χ0n) is 31.7. The minimum absolute atomic E-state index is 0.0867. The Labute approximate surface area is 299 Å². The summed E-state index contributed by atoms with van der Waals surface area (Å²) in [7, 11) is -2.18. The van der Waals surface area contributed by atoms with E-state index in [0.29, 0.717) is 0 Å². The van der Waals surface area contributed by atoms with Crippen molar-refractivity contribution in [3.8, 4) is 0 Å². The third-order valence-corrected chi connectivity index (χ3v) is 12.5. The van der Waals surface area contributed by atoms with Crippen molar-refractivity contribution in [3.63, 3.8) is 0 Å². The highest BCUT2D eigenvalue weighted by molar-refractivity contribution is 9.09. The van der Waals surface area contributed by atoms with Crippen molar-refractivity contribution in [1.29, 1.82) is 0 Å². The first kappa shape index (κ1) is 44.6. The second-order valence-corrected chi connectivity index (χ2v) is 19.4. The first-order valence-electron chi connectivity index (χ1n) is 21.1. The summed E-state index contributed by atoms with van der Waals surface area (Å²) in [4.78, 5) is 0. The van der Waals surface area contributed by atoms with Crippen LogP contribution in [-0.2, 0) is 13.6 Å². The van der Waals surface area contributed by atoms with Gasteiger partial charge in [-0.05, 0) is 51.1 Å². The molecule has 1 unspecified atom stereocenters. The normalized spacial score (nSPS) is 15.1. The van der Waals surface area contributed by atoms with Gasteiger partial charge in [-0.2, -0.15) is 0 Å². The summed E-state index contributed by atoms with van der Waals surface area (Å²) >= 11 is 3.54. The molecule has 1 aliphatic rings. The first-order valence-corrected chi connectivity index (χ1v) is 25.0. The average molecular weight is 732 g/mol. The van der Waals surface area contributed by atoms with Gasteiger partial charge in [-0.15, -0.1) is 0 Å². The minimum Gasteiger partial charge on any atom is -0.394 e. The number of halogens is 1. The lowest BCUT2D eigenvalue weighted by atomic mass is 9.85. The summed E-state index contributed by atoms with van der Waals surface area (Å²) in [5.41, 5.74) is 0. The molecular weight excluding hydrogens is 648 g/mol. The highest BCUT2D eigenvalue weighted by Gasteiger charge is 2.29. The Morgan fingerprint density at radius 1 is 0.543 bits per heavy atom. The Kier molecular flexibility index (Phi) is 33.0. The molecule has 3 nitrogen and oxygen atoms in total. The molecule has 1 aliphatic carbocycles. The van der Waals surface area contributed by atoms with Gasteiger partial charge in [0.15, 0.2) is 0 Å². The summed E-state index contributed by atoms with van der Waals surface area (Å²) < 4.78 is 19.3. The van der Waals surface area contributed by atoms with Crippen LogP contribution >= 0.6 is 15.9 Å². The second kappa shape index (κ2) is 34.0. The van der Waals surface area contributed by atoms with Crippen molar-refractivity contribution < 1.29 is 13.6 Å². The van der Waals surface area contributed by atoms with Crippen molar-refractivity contribution in [2.75, 3.05) is 18.5 Å². The molecule has 1 saturated carbocycles. The Balaban J connectivity index is 2.15. The van der Waals surface area contributed by atoms with Gasteiger partial charge in [0.1, 0.15) is 6.29 Å². The van der Waals surface area contributed by atoms with Crippen LogP contribution in [0.4, 0.5) is 0 Å². The largest absolute Gasteiger partial charge is 0.394 e. The molecule has 1 rings (SSSR count). The zero-order valence-corrected chi connectivity index (χ0v) is 34.3. The Morgan fingerprint density at radius 3 is 1.54 bits per heavy atom. The van der Waals surface area contributed by atoms with E-state index in [1.54, 1.807) is 0 Å². The quantitative estimate of drug-likeness (QED) is 0.0278. The fourth-order valence-corrected chi connectivity index (χ4v) is 9.11. The molecular formula is C41H83BrO3Si. The molecule has 5 heteroatoms. The Bertz CT molecular complexity index is 598. The molecule has 0 heterocycles. The lowest BCUT2D eigenvalue weighted by molar-refractivity contribution is -0.104. The summed E-state index contributed by atoms with van der Waals surface area (Å²) in [6.45, 7) is 8.38. The molecule has 0 bridgehead atoms. The maximum absolute atomic E-state index is 6.59. The lowest BCUT2D eigenvalue weighted by Crippen LogP contribution is -2.40. The number of rotatable bonds is 36. The fraction of sp³-hybridized carbons (Fsp3) is 1.00. The molecule has 0 N–H and O–H groups in total. The van der Waals surface area contributed by atoms with E-state index < -0.39 is 8.56 Å². The standard InChI is InChI=1S/C41H83BrO3Si/c1-4-5-6-7-8-9-10-11-12-15-18-21-29-36-41(45-46(2,3)44-39-32-24-22-30-37-42)43-38-31-23-19-16-13-14-17-20-26-33-40-34-27-25-28-35-40/h40-41H,4-39H2,1-3H3. The van der Waals surface area contributed by atoms with Gasteiger partial charge in [0.25, 0.3) is 0 Å². The summed E-state index contributed by atoms with van der Waals surface area (Å²) in [5.74, 6) is 1.06. The van der Waals surface area contributed by atoms with Gasteiger partial charge in [-0.25, -0.2) is 0 Å². The maximum atomic E-state index is 6.59. The van der Waals surface area contributed by atoms with Gasteiger partial charge in [0.2, 0.25) is 0 Å². The average Bonchev–Trinajstić information content (AvgIpc) is 3.05. The van der Waals surface area contributed by atoms with E-state index in [4.69, 9.17) is 13.6 Å². The number of hydrogen-bond donors (Lipinski definition) is 0. The molecule has 276 valence electrons. The van der Waals surface area contributed by atoms with Gasteiger partial charge in [0, 0.05) is 18.5 Å². The molecule has 0 aliphatic heterocycles. The summed E-state index contributed by atoms with van der Waals surface area (Å²) in [6, 6.07) is 0. The second-order valence-electron chi connectivity index (χ2n) is 15.3. The van der Waals surface area contributed by atoms with E-state index in [9.17, 15) is 0 Å². The van der Waals surface area contributed by atoms with Gasteiger partial charge in [-0.3, -0.25) is 0 Å². The van der Waals surface area contributed by atoms with Gasteiger partial charge in [0.05, 0.1) is 0 Å². The SMILES string of the molecule is CCCCCCCCCCCCCCCC(OCCCCCCCCCCCC1CCCCC1)O[Si](C)(C)OCCCCCCBr. The predicted molar refractivity (Wildman–Crippen MR) is 210 cm³/mol. The van der Waals surface area contributed by atoms with Crippen LogP contribution in [0.25, 0.3) is 0 Å². The summed E-state index contributed by atoms with van der Waals surface area (Å²) in [6.07, 6.45) is 45.4. The lowest BCUT2D eigenvalue weighted by Gasteiger charge is -2.29. The van der Waals surface area contributed by atoms with Gasteiger partial charge >= 0.3 is 8.56 Å². The van der Waals surface area contributed by atoms with E-state index in [0.717, 1.165) is 43.7 Å². The molecule has 1 fully saturated rings. The third-order valence-electron chi connectivity index (χ3n) is 10.2. The zero-order chi connectivity index (χ0) is 33.2. The van der Waals surface area contributed by atoms with Crippen molar-refractivity contribution in [2.24, 2.45) is 5.92 Å². The molecule has 0 aromatic rings. The Morgan fingerprint density at radius 2 is 1.00 bits per heavy atom. The van der Waals surface area contributed by atoms with E-state index >= 15 is 0 Å². The molecule has 46 heavy (non-hydrogen) atoms. The van der Waals surface area contributed by atoms with Gasteiger partial charge in [-0.1, -0.05) is 203 Å². The van der Waals surface area contributed by atoms with Crippen molar-refractivity contribution >= 4 is 24.5 Å². The van der Waals surface area contributed by atoms with E-state index in [1.165, 1.54) is 193 Å². The Hall–Kier alpha value is 0.577. The van der Waals surface area contributed by atoms with Crippen LogP contribution < -0.4 is 0 Å². The monoisotopic (exact) mass is 731 g/mol. The maximum Gasteiger partial charge on any atom is 0.333 e. The van der Waals surface area contributed by atoms with Crippen molar-refractivity contribution in [3.05, 3.63) is 0 Å². The van der Waals surface area contributed by atoms with E-state index in [1.807, 2.05) is 0 Å². The number of hydrogen-bond acceptors (Lipinski definition) is 3. The van der Waals surface area contributed by atoms with Crippen LogP contribution in [0.2, 0.25) is 13.1 Å². The smallest absolute Gasteiger partial charge is 0.333 e. The highest BCUT2D eigenvalue weighted by atomic mass is 79.9. The molecule has 0 spiro atoms. The van der Waals surface area contributed by atoms with Crippen LogP contribution in [0.15, 0.2) is 0 Å². The fourth-order valence-electron chi connectivity index (χ4n) is 7.19.